The number of benzene rings is 1. The fourth-order valence-electron chi connectivity index (χ4n) is 3.20. The van der Waals surface area contributed by atoms with E-state index in [0.29, 0.717) is 34.2 Å². The molecule has 1 aromatic carbocycles. The minimum atomic E-state index is -4.78. The minimum absolute atomic E-state index is 0.185. The number of thioether (sulfide) groups is 1. The Morgan fingerprint density at radius 2 is 1.85 bits per heavy atom. The molecule has 0 aliphatic carbocycles. The molecular weight excluding hydrogens is 465 g/mol. The number of hydrogen-bond donors (Lipinski definition) is 0. The molecule has 0 fully saturated rings. The highest BCUT2D eigenvalue weighted by Gasteiger charge is 2.31. The molecule has 33 heavy (non-hydrogen) atoms. The van der Waals surface area contributed by atoms with Crippen LogP contribution in [-0.2, 0) is 20.6 Å². The molecule has 0 N–H and O–H groups in total. The quantitative estimate of drug-likeness (QED) is 0.288. The molecule has 0 bridgehead atoms. The van der Waals surface area contributed by atoms with Crippen LogP contribution in [0.25, 0.3) is 16.9 Å². The number of nitrogens with zero attached hydrogens (tertiary/aromatic N) is 8. The van der Waals surface area contributed by atoms with Crippen LogP contribution in [0.4, 0.5) is 13.2 Å². The molecule has 0 spiro atoms. The average Bonchev–Trinajstić information content (AvgIpc) is 3.38. The highest BCUT2D eigenvalue weighted by Crippen LogP contribution is 2.25. The third-order valence-electron chi connectivity index (χ3n) is 4.71. The summed E-state index contributed by atoms with van der Waals surface area (Å²) >= 11 is 1.28. The Kier molecular flexibility index (Phi) is 5.97. The first kappa shape index (κ1) is 22.6. The van der Waals surface area contributed by atoms with E-state index in [2.05, 4.69) is 25.2 Å². The summed E-state index contributed by atoms with van der Waals surface area (Å²) in [6, 6.07) is 5.12. The van der Waals surface area contributed by atoms with Crippen molar-refractivity contribution < 1.29 is 17.9 Å². The number of aromatic nitrogens is 8. The average molecular weight is 482 g/mol. The lowest BCUT2D eigenvalue weighted by Crippen LogP contribution is -2.39. The van der Waals surface area contributed by atoms with Crippen molar-refractivity contribution in [1.29, 1.82) is 0 Å². The molecule has 3 aromatic heterocycles. The number of aryl methyl sites for hydroxylation is 2. The first-order valence-corrected chi connectivity index (χ1v) is 10.5. The van der Waals surface area contributed by atoms with E-state index in [1.807, 2.05) is 0 Å². The Balaban J connectivity index is 1.43. The van der Waals surface area contributed by atoms with Gasteiger partial charge < -0.3 is 9.30 Å². The summed E-state index contributed by atoms with van der Waals surface area (Å²) in [6.45, 7) is 0.185. The number of ether oxygens (including phenoxy) is 1. The van der Waals surface area contributed by atoms with Gasteiger partial charge in [-0.15, -0.1) is 18.3 Å². The van der Waals surface area contributed by atoms with E-state index in [0.717, 1.165) is 16.7 Å². The molecule has 15 heteroatoms. The molecule has 0 aliphatic rings. The smallest absolute Gasteiger partial charge is 0.406 e. The first-order chi connectivity index (χ1) is 15.7. The zero-order valence-corrected chi connectivity index (χ0v) is 18.2. The Morgan fingerprint density at radius 1 is 1.12 bits per heavy atom. The Bertz CT molecular complexity index is 1400. The van der Waals surface area contributed by atoms with Crippen molar-refractivity contribution in [1.82, 2.24) is 38.9 Å². The molecule has 4 aromatic rings. The van der Waals surface area contributed by atoms with Crippen LogP contribution in [0, 0.1) is 0 Å². The summed E-state index contributed by atoms with van der Waals surface area (Å²) in [6.07, 6.45) is -2.83. The standard InChI is InChI=1S/C18H17F3N8O3S/c1-26-10-22-14-13(26)15(30)28(17(31)27(14)2)8-3-9-33-16-23-24-25-29(16)11-4-6-12(7-5-11)32-18(19,20)21/h4-7,10H,3,8-9H2,1-2H3. The first-order valence-electron chi connectivity index (χ1n) is 9.54. The number of imidazole rings is 1. The fourth-order valence-corrected chi connectivity index (χ4v) is 4.01. The maximum Gasteiger partial charge on any atom is 0.573 e. The van der Waals surface area contributed by atoms with Gasteiger partial charge in [-0.2, -0.15) is 4.68 Å². The third kappa shape index (κ3) is 4.62. The largest absolute Gasteiger partial charge is 0.573 e. The van der Waals surface area contributed by atoms with Crippen molar-refractivity contribution in [3.8, 4) is 11.4 Å². The highest BCUT2D eigenvalue weighted by atomic mass is 32.2. The third-order valence-corrected chi connectivity index (χ3v) is 5.72. The highest BCUT2D eigenvalue weighted by molar-refractivity contribution is 7.99. The lowest BCUT2D eigenvalue weighted by Gasteiger charge is -2.10. The molecule has 4 rings (SSSR count). The normalized spacial score (nSPS) is 11.9. The van der Waals surface area contributed by atoms with Crippen LogP contribution >= 0.6 is 11.8 Å². The second-order valence-electron chi connectivity index (χ2n) is 6.94. The van der Waals surface area contributed by atoms with Crippen molar-refractivity contribution in [2.24, 2.45) is 14.1 Å². The van der Waals surface area contributed by atoms with Gasteiger partial charge in [-0.1, -0.05) is 11.8 Å². The summed E-state index contributed by atoms with van der Waals surface area (Å²) in [5.41, 5.74) is 0.241. The van der Waals surface area contributed by atoms with E-state index in [9.17, 15) is 22.8 Å². The van der Waals surface area contributed by atoms with Gasteiger partial charge >= 0.3 is 12.1 Å². The molecule has 0 atom stereocenters. The SMILES string of the molecule is Cn1cnc2c1c(=O)n(CCCSc1nnnn1-c1ccc(OC(F)(F)F)cc1)c(=O)n2C. The molecular formula is C18H17F3N8O3S. The molecule has 0 amide bonds. The number of rotatable bonds is 7. The predicted molar refractivity (Wildman–Crippen MR) is 111 cm³/mol. The van der Waals surface area contributed by atoms with E-state index >= 15 is 0 Å². The van der Waals surface area contributed by atoms with Crippen molar-refractivity contribution in [3.63, 3.8) is 0 Å². The summed E-state index contributed by atoms with van der Waals surface area (Å²) in [5.74, 6) is 0.125. The van der Waals surface area contributed by atoms with E-state index in [-0.39, 0.29) is 12.3 Å². The van der Waals surface area contributed by atoms with Gasteiger partial charge in [0, 0.05) is 26.4 Å². The van der Waals surface area contributed by atoms with Crippen molar-refractivity contribution >= 4 is 22.9 Å². The lowest BCUT2D eigenvalue weighted by atomic mass is 10.3. The molecule has 11 nitrogen and oxygen atoms in total. The monoisotopic (exact) mass is 482 g/mol. The molecule has 174 valence electrons. The molecule has 0 unspecified atom stereocenters. The fraction of sp³-hybridized carbons (Fsp3) is 0.333. The Morgan fingerprint density at radius 3 is 2.55 bits per heavy atom. The number of hydrogen-bond acceptors (Lipinski definition) is 8. The van der Waals surface area contributed by atoms with Crippen LogP contribution in [0.2, 0.25) is 0 Å². The van der Waals surface area contributed by atoms with Gasteiger partial charge in [-0.25, -0.2) is 9.78 Å². The maximum atomic E-state index is 12.7. The van der Waals surface area contributed by atoms with Gasteiger partial charge in [0.15, 0.2) is 11.2 Å². The molecule has 0 saturated carbocycles. The molecule has 0 saturated heterocycles. The van der Waals surface area contributed by atoms with E-state index in [1.165, 1.54) is 39.5 Å². The topological polar surface area (TPSA) is 115 Å². The second-order valence-corrected chi connectivity index (χ2v) is 8.01. The molecule has 0 aliphatic heterocycles. The summed E-state index contributed by atoms with van der Waals surface area (Å²) in [4.78, 5) is 29.4. The number of halogens is 3. The summed E-state index contributed by atoms with van der Waals surface area (Å²) in [7, 11) is 3.24. The molecule has 0 radical (unpaired) electrons. The molecule has 3 heterocycles. The Hall–Kier alpha value is -3.62. The van der Waals surface area contributed by atoms with Crippen LogP contribution in [0.3, 0.4) is 0 Å². The van der Waals surface area contributed by atoms with Gasteiger partial charge in [-0.3, -0.25) is 13.9 Å². The summed E-state index contributed by atoms with van der Waals surface area (Å²) in [5, 5.41) is 11.8. The zero-order valence-electron chi connectivity index (χ0n) is 17.4. The lowest BCUT2D eigenvalue weighted by molar-refractivity contribution is -0.274. The number of alkyl halides is 3. The van der Waals surface area contributed by atoms with Gasteiger partial charge in [0.25, 0.3) is 5.56 Å². The van der Waals surface area contributed by atoms with Gasteiger partial charge in [-0.05, 0) is 41.1 Å². The van der Waals surface area contributed by atoms with Crippen LogP contribution < -0.4 is 16.0 Å². The predicted octanol–water partition coefficient (Wildman–Crippen LogP) is 1.49. The van der Waals surface area contributed by atoms with E-state index in [4.69, 9.17) is 0 Å². The van der Waals surface area contributed by atoms with Crippen LogP contribution in [0.5, 0.6) is 5.75 Å². The number of tetrazole rings is 1. The van der Waals surface area contributed by atoms with Crippen molar-refractivity contribution in [2.75, 3.05) is 5.75 Å². The van der Waals surface area contributed by atoms with E-state index < -0.39 is 17.6 Å². The van der Waals surface area contributed by atoms with Crippen LogP contribution in [-0.4, -0.2) is 51.0 Å². The van der Waals surface area contributed by atoms with Crippen LogP contribution in [0.15, 0.2) is 45.3 Å². The summed E-state index contributed by atoms with van der Waals surface area (Å²) < 4.78 is 46.2. The maximum absolute atomic E-state index is 12.7. The Labute approximate surface area is 187 Å². The van der Waals surface area contributed by atoms with Crippen molar-refractivity contribution in [3.05, 3.63) is 51.4 Å². The number of fused-ring (bicyclic) bond motifs is 1. The van der Waals surface area contributed by atoms with E-state index in [1.54, 1.807) is 18.7 Å². The van der Waals surface area contributed by atoms with Gasteiger partial charge in [0.2, 0.25) is 5.16 Å². The minimum Gasteiger partial charge on any atom is -0.406 e. The van der Waals surface area contributed by atoms with Crippen molar-refractivity contribution in [2.45, 2.75) is 24.5 Å². The van der Waals surface area contributed by atoms with Gasteiger partial charge in [0.1, 0.15) is 5.75 Å². The van der Waals surface area contributed by atoms with Gasteiger partial charge in [0.05, 0.1) is 12.0 Å². The second kappa shape index (κ2) is 8.73. The van der Waals surface area contributed by atoms with Crippen LogP contribution in [0.1, 0.15) is 6.42 Å². The zero-order chi connectivity index (χ0) is 23.8.